The molecule has 2 atom stereocenters. The number of H-pyrrole nitrogens is 1. The Morgan fingerprint density at radius 1 is 1.14 bits per heavy atom. The Kier molecular flexibility index (Phi) is 5.41. The highest BCUT2D eigenvalue weighted by Gasteiger charge is 2.43. The monoisotopic (exact) mass is 398 g/mol. The first-order valence-electron chi connectivity index (χ1n) is 10.2. The fourth-order valence-corrected chi connectivity index (χ4v) is 4.66. The van der Waals surface area contributed by atoms with E-state index < -0.39 is 0 Å². The van der Waals surface area contributed by atoms with Gasteiger partial charge in [-0.2, -0.15) is 0 Å². The van der Waals surface area contributed by atoms with Crippen molar-refractivity contribution in [1.29, 1.82) is 0 Å². The van der Waals surface area contributed by atoms with Gasteiger partial charge in [-0.15, -0.1) is 0 Å². The van der Waals surface area contributed by atoms with Crippen LogP contribution in [0.4, 0.5) is 10.1 Å². The second-order valence-electron chi connectivity index (χ2n) is 7.86. The van der Waals surface area contributed by atoms with Crippen LogP contribution in [-0.4, -0.2) is 65.9 Å². The summed E-state index contributed by atoms with van der Waals surface area (Å²) in [5.74, 6) is -0.615. The Bertz CT molecular complexity index is 904. The van der Waals surface area contributed by atoms with Gasteiger partial charge in [0.25, 0.3) is 5.91 Å². The lowest BCUT2D eigenvalue weighted by Gasteiger charge is -2.45. The van der Waals surface area contributed by atoms with E-state index in [4.69, 9.17) is 0 Å². The Balaban J connectivity index is 1.57. The third kappa shape index (κ3) is 3.55. The Morgan fingerprint density at radius 3 is 2.59 bits per heavy atom. The molecule has 2 unspecified atom stereocenters. The molecule has 3 heterocycles. The molecule has 0 saturated carbocycles. The molecule has 1 amide bonds. The van der Waals surface area contributed by atoms with Crippen LogP contribution in [-0.2, 0) is 0 Å². The number of hydrogen-bond acceptors (Lipinski definition) is 4. The van der Waals surface area contributed by atoms with Gasteiger partial charge in [0.15, 0.2) is 5.78 Å². The third-order valence-electron chi connectivity index (χ3n) is 6.10. The van der Waals surface area contributed by atoms with E-state index in [0.717, 1.165) is 31.6 Å². The quantitative estimate of drug-likeness (QED) is 0.860. The van der Waals surface area contributed by atoms with Crippen LogP contribution in [0, 0.1) is 11.7 Å². The summed E-state index contributed by atoms with van der Waals surface area (Å²) in [5, 5.41) is 0. The SMILES string of the molecule is CCCC1C(=O)c2[nH]ccc2C(=O)N(C)C1N1CCN(c2cccc(F)c2)CC1. The highest BCUT2D eigenvalue weighted by molar-refractivity contribution is 6.09. The fourth-order valence-electron chi connectivity index (χ4n) is 4.66. The lowest BCUT2D eigenvalue weighted by Crippen LogP contribution is -2.59. The van der Waals surface area contributed by atoms with E-state index in [0.29, 0.717) is 24.3 Å². The molecular formula is C22H27FN4O2. The molecule has 1 fully saturated rings. The molecule has 1 N–H and O–H groups in total. The number of carbonyl (C=O) groups excluding carboxylic acids is 2. The summed E-state index contributed by atoms with van der Waals surface area (Å²) in [7, 11) is 1.80. The molecule has 2 aliphatic heterocycles. The van der Waals surface area contributed by atoms with Crippen LogP contribution < -0.4 is 4.90 Å². The summed E-state index contributed by atoms with van der Waals surface area (Å²) in [5.41, 5.74) is 1.76. The molecule has 2 aromatic rings. The number of halogens is 1. The number of carbonyl (C=O) groups is 2. The number of ketones is 1. The minimum atomic E-state index is -0.273. The summed E-state index contributed by atoms with van der Waals surface area (Å²) in [6.45, 7) is 4.93. The topological polar surface area (TPSA) is 59.7 Å². The van der Waals surface area contributed by atoms with Crippen LogP contribution in [0.2, 0.25) is 0 Å². The number of hydrogen-bond donors (Lipinski definition) is 1. The molecule has 1 aromatic carbocycles. The highest BCUT2D eigenvalue weighted by Crippen LogP contribution is 2.31. The predicted molar refractivity (Wildman–Crippen MR) is 110 cm³/mol. The molecule has 0 radical (unpaired) electrons. The number of nitrogens with zero attached hydrogens (tertiary/aromatic N) is 3. The molecule has 7 heteroatoms. The average molecular weight is 398 g/mol. The molecule has 6 nitrogen and oxygen atoms in total. The van der Waals surface area contributed by atoms with Gasteiger partial charge in [0.2, 0.25) is 0 Å². The summed E-state index contributed by atoms with van der Waals surface area (Å²) in [6, 6.07) is 8.32. The van der Waals surface area contributed by atoms with E-state index in [1.807, 2.05) is 6.07 Å². The summed E-state index contributed by atoms with van der Waals surface area (Å²) in [6.07, 6.45) is 2.98. The third-order valence-corrected chi connectivity index (χ3v) is 6.10. The Morgan fingerprint density at radius 2 is 1.90 bits per heavy atom. The first-order valence-corrected chi connectivity index (χ1v) is 10.2. The first-order chi connectivity index (χ1) is 14.0. The molecule has 1 saturated heterocycles. The Labute approximate surface area is 170 Å². The number of amides is 1. The second kappa shape index (κ2) is 7.99. The van der Waals surface area contributed by atoms with Crippen LogP contribution in [0.25, 0.3) is 0 Å². The van der Waals surface area contributed by atoms with Crippen LogP contribution in [0.15, 0.2) is 36.5 Å². The van der Waals surface area contributed by atoms with Gasteiger partial charge in [0, 0.05) is 45.1 Å². The van der Waals surface area contributed by atoms with Gasteiger partial charge in [-0.3, -0.25) is 14.5 Å². The molecule has 4 rings (SSSR count). The van der Waals surface area contributed by atoms with Gasteiger partial charge in [0.05, 0.1) is 23.3 Å². The smallest absolute Gasteiger partial charge is 0.257 e. The van der Waals surface area contributed by atoms with Crippen molar-refractivity contribution in [2.75, 3.05) is 38.1 Å². The molecule has 154 valence electrons. The number of Topliss-reactive ketones (excluding diaryl/α,β-unsaturated/α-hetero) is 1. The molecular weight excluding hydrogens is 371 g/mol. The number of nitrogens with one attached hydrogen (secondary N) is 1. The maximum absolute atomic E-state index is 13.6. The maximum Gasteiger partial charge on any atom is 0.257 e. The number of fused-ring (bicyclic) bond motifs is 1. The van der Waals surface area contributed by atoms with Crippen molar-refractivity contribution in [3.63, 3.8) is 0 Å². The molecule has 0 spiro atoms. The minimum Gasteiger partial charge on any atom is -0.369 e. The molecule has 1 aromatic heterocycles. The van der Waals surface area contributed by atoms with Crippen molar-refractivity contribution >= 4 is 17.4 Å². The lowest BCUT2D eigenvalue weighted by atomic mass is 9.92. The van der Waals surface area contributed by atoms with Crippen LogP contribution >= 0.6 is 0 Å². The van der Waals surface area contributed by atoms with Gasteiger partial charge in [-0.1, -0.05) is 19.4 Å². The van der Waals surface area contributed by atoms with Crippen molar-refractivity contribution < 1.29 is 14.0 Å². The molecule has 0 bridgehead atoms. The largest absolute Gasteiger partial charge is 0.369 e. The van der Waals surface area contributed by atoms with E-state index in [1.54, 1.807) is 36.3 Å². The number of aromatic amines is 1. The lowest BCUT2D eigenvalue weighted by molar-refractivity contribution is 0.0150. The van der Waals surface area contributed by atoms with Crippen LogP contribution in [0.5, 0.6) is 0 Å². The van der Waals surface area contributed by atoms with E-state index in [9.17, 15) is 14.0 Å². The van der Waals surface area contributed by atoms with E-state index in [1.165, 1.54) is 6.07 Å². The van der Waals surface area contributed by atoms with Crippen molar-refractivity contribution in [3.8, 4) is 0 Å². The van der Waals surface area contributed by atoms with E-state index >= 15 is 0 Å². The molecule has 2 aliphatic rings. The van der Waals surface area contributed by atoms with E-state index in [-0.39, 0.29) is 29.6 Å². The highest BCUT2D eigenvalue weighted by atomic mass is 19.1. The predicted octanol–water partition coefficient (Wildman–Crippen LogP) is 2.99. The standard InChI is InChI=1S/C22H27FN4O2/c1-3-5-18-20(28)19-17(8-9-24-19)22(29)25(2)21(18)27-12-10-26(11-13-27)16-7-4-6-15(23)14-16/h4,6-9,14,18,21,24H,3,5,10-13H2,1-2H3. The fraction of sp³-hybridized carbons (Fsp3) is 0.455. The zero-order chi connectivity index (χ0) is 20.5. The van der Waals surface area contributed by atoms with Crippen molar-refractivity contribution in [3.05, 3.63) is 53.6 Å². The second-order valence-corrected chi connectivity index (χ2v) is 7.86. The number of aromatic nitrogens is 1. The van der Waals surface area contributed by atoms with Gasteiger partial charge in [-0.05, 0) is 30.7 Å². The van der Waals surface area contributed by atoms with Gasteiger partial charge in [0.1, 0.15) is 5.82 Å². The van der Waals surface area contributed by atoms with Crippen LogP contribution in [0.1, 0.15) is 40.6 Å². The number of piperazine rings is 1. The average Bonchev–Trinajstić information content (AvgIpc) is 3.20. The molecule has 0 aliphatic carbocycles. The zero-order valence-electron chi connectivity index (χ0n) is 16.9. The maximum atomic E-state index is 13.6. The molecule has 29 heavy (non-hydrogen) atoms. The Hall–Kier alpha value is -2.67. The summed E-state index contributed by atoms with van der Waals surface area (Å²) < 4.78 is 13.6. The number of anilines is 1. The van der Waals surface area contributed by atoms with E-state index in [2.05, 4.69) is 21.7 Å². The van der Waals surface area contributed by atoms with Gasteiger partial charge < -0.3 is 14.8 Å². The summed E-state index contributed by atoms with van der Waals surface area (Å²) >= 11 is 0. The normalized spacial score (nSPS) is 23.3. The van der Waals surface area contributed by atoms with Crippen molar-refractivity contribution in [2.45, 2.75) is 25.9 Å². The van der Waals surface area contributed by atoms with Crippen LogP contribution in [0.3, 0.4) is 0 Å². The van der Waals surface area contributed by atoms with Gasteiger partial charge >= 0.3 is 0 Å². The summed E-state index contributed by atoms with van der Waals surface area (Å²) in [4.78, 5) is 35.4. The number of rotatable bonds is 4. The first kappa shape index (κ1) is 19.6. The number of benzene rings is 1. The zero-order valence-corrected chi connectivity index (χ0v) is 16.9. The van der Waals surface area contributed by atoms with Crippen molar-refractivity contribution in [2.24, 2.45) is 5.92 Å². The minimum absolute atomic E-state index is 0.0158. The van der Waals surface area contributed by atoms with Crippen molar-refractivity contribution in [1.82, 2.24) is 14.8 Å². The van der Waals surface area contributed by atoms with Gasteiger partial charge in [-0.25, -0.2) is 4.39 Å².